The molecule has 8 heteroatoms. The van der Waals surface area contributed by atoms with Gasteiger partial charge in [0.15, 0.2) is 4.34 Å². The second kappa shape index (κ2) is 9.95. The fourth-order valence-corrected chi connectivity index (χ4v) is 3.28. The Morgan fingerprint density at radius 3 is 2.95 bits per heavy atom. The van der Waals surface area contributed by atoms with Crippen LogP contribution in [0.15, 0.2) is 4.34 Å². The van der Waals surface area contributed by atoms with Crippen LogP contribution in [0.25, 0.3) is 0 Å². The number of amides is 1. The minimum atomic E-state index is -0.176. The first kappa shape index (κ1) is 17.2. The fraction of sp³-hybridized carbons (Fsp3) is 0.750. The van der Waals surface area contributed by atoms with Crippen molar-refractivity contribution in [3.05, 3.63) is 0 Å². The van der Waals surface area contributed by atoms with E-state index >= 15 is 0 Å². The zero-order valence-electron chi connectivity index (χ0n) is 12.1. The molecule has 1 amide bonds. The van der Waals surface area contributed by atoms with Gasteiger partial charge in [-0.3, -0.25) is 4.79 Å². The van der Waals surface area contributed by atoms with Crippen LogP contribution in [0.1, 0.15) is 26.7 Å². The van der Waals surface area contributed by atoms with Crippen molar-refractivity contribution in [1.29, 1.82) is 0 Å². The van der Waals surface area contributed by atoms with E-state index in [1.165, 1.54) is 23.1 Å². The van der Waals surface area contributed by atoms with Crippen molar-refractivity contribution in [3.8, 4) is 0 Å². The lowest BCUT2D eigenvalue weighted by Gasteiger charge is -2.09. The molecule has 0 fully saturated rings. The Balaban J connectivity index is 2.31. The van der Waals surface area contributed by atoms with Gasteiger partial charge in [-0.2, -0.15) is 0 Å². The monoisotopic (exact) mass is 318 g/mol. The molecule has 1 atom stereocenters. The van der Waals surface area contributed by atoms with Crippen LogP contribution in [0.2, 0.25) is 0 Å². The maximum Gasteiger partial charge on any atom is 0.233 e. The number of thioether (sulfide) groups is 1. The summed E-state index contributed by atoms with van der Waals surface area (Å²) in [5.74, 6) is 0.0179. The highest BCUT2D eigenvalue weighted by Gasteiger charge is 2.16. The SMILES string of the molecule is CCCNc1nnc(SC(C)C(=O)NCCCOC)s1. The Morgan fingerprint density at radius 2 is 2.25 bits per heavy atom. The van der Waals surface area contributed by atoms with Gasteiger partial charge in [0.1, 0.15) is 0 Å². The number of rotatable bonds is 10. The highest BCUT2D eigenvalue weighted by Crippen LogP contribution is 2.28. The van der Waals surface area contributed by atoms with Crippen molar-refractivity contribution in [2.24, 2.45) is 0 Å². The summed E-state index contributed by atoms with van der Waals surface area (Å²) in [4.78, 5) is 11.9. The predicted molar refractivity (Wildman–Crippen MR) is 83.5 cm³/mol. The van der Waals surface area contributed by atoms with Crippen molar-refractivity contribution < 1.29 is 9.53 Å². The van der Waals surface area contributed by atoms with Gasteiger partial charge in [0.25, 0.3) is 0 Å². The van der Waals surface area contributed by atoms with Crippen LogP contribution >= 0.6 is 23.1 Å². The standard InChI is InChI=1S/C12H22N4O2S2/c1-4-6-14-11-15-16-12(20-11)19-9(2)10(17)13-7-5-8-18-3/h9H,4-8H2,1-3H3,(H,13,17)(H,14,15). The maximum atomic E-state index is 11.9. The van der Waals surface area contributed by atoms with Gasteiger partial charge >= 0.3 is 0 Å². The maximum absolute atomic E-state index is 11.9. The Bertz CT molecular complexity index is 401. The molecular formula is C12H22N4O2S2. The second-order valence-corrected chi connectivity index (χ2v) is 6.76. The summed E-state index contributed by atoms with van der Waals surface area (Å²) in [7, 11) is 1.65. The molecule has 0 saturated heterocycles. The molecule has 0 aliphatic rings. The summed E-state index contributed by atoms with van der Waals surface area (Å²) < 4.78 is 5.74. The van der Waals surface area contributed by atoms with Crippen LogP contribution < -0.4 is 10.6 Å². The summed E-state index contributed by atoms with van der Waals surface area (Å²) in [6.07, 6.45) is 1.87. The first-order valence-corrected chi connectivity index (χ1v) is 8.37. The van der Waals surface area contributed by atoms with Crippen molar-refractivity contribution in [1.82, 2.24) is 15.5 Å². The number of nitrogens with zero attached hydrogens (tertiary/aromatic N) is 2. The summed E-state index contributed by atoms with van der Waals surface area (Å²) in [5.41, 5.74) is 0. The van der Waals surface area contributed by atoms with E-state index in [4.69, 9.17) is 4.74 Å². The van der Waals surface area contributed by atoms with Gasteiger partial charge in [-0.15, -0.1) is 10.2 Å². The van der Waals surface area contributed by atoms with Crippen LogP contribution in [-0.2, 0) is 9.53 Å². The van der Waals surface area contributed by atoms with Crippen LogP contribution in [0, 0.1) is 0 Å². The van der Waals surface area contributed by atoms with E-state index in [9.17, 15) is 4.79 Å². The Kier molecular flexibility index (Phi) is 8.56. The molecular weight excluding hydrogens is 296 g/mol. The Hall–Kier alpha value is -0.860. The number of hydrogen-bond acceptors (Lipinski definition) is 7. The molecule has 0 radical (unpaired) electrons. The van der Waals surface area contributed by atoms with Gasteiger partial charge in [0, 0.05) is 26.8 Å². The Labute approximate surface area is 128 Å². The third kappa shape index (κ3) is 6.53. The highest BCUT2D eigenvalue weighted by atomic mass is 32.2. The van der Waals surface area contributed by atoms with E-state index in [0.29, 0.717) is 13.2 Å². The minimum absolute atomic E-state index is 0.0179. The number of carbonyl (C=O) groups excluding carboxylic acids is 1. The van der Waals surface area contributed by atoms with Gasteiger partial charge < -0.3 is 15.4 Å². The van der Waals surface area contributed by atoms with Crippen molar-refractivity contribution >= 4 is 34.1 Å². The number of aromatic nitrogens is 2. The average Bonchev–Trinajstić information content (AvgIpc) is 2.88. The zero-order valence-corrected chi connectivity index (χ0v) is 13.8. The largest absolute Gasteiger partial charge is 0.385 e. The molecule has 0 aliphatic heterocycles. The van der Waals surface area contributed by atoms with Crippen LogP contribution in [0.5, 0.6) is 0 Å². The van der Waals surface area contributed by atoms with Crippen LogP contribution in [0.4, 0.5) is 5.13 Å². The molecule has 1 heterocycles. The van der Waals surface area contributed by atoms with Gasteiger partial charge in [-0.05, 0) is 19.8 Å². The number of ether oxygens (including phenoxy) is 1. The summed E-state index contributed by atoms with van der Waals surface area (Å²) in [5, 5.41) is 14.8. The highest BCUT2D eigenvalue weighted by molar-refractivity contribution is 8.02. The normalized spacial score (nSPS) is 12.2. The lowest BCUT2D eigenvalue weighted by atomic mass is 10.4. The molecule has 0 aromatic carbocycles. The molecule has 114 valence electrons. The van der Waals surface area contributed by atoms with E-state index in [-0.39, 0.29) is 11.2 Å². The number of hydrogen-bond donors (Lipinski definition) is 2. The van der Waals surface area contributed by atoms with E-state index in [1.807, 2.05) is 6.92 Å². The molecule has 1 rings (SSSR count). The molecule has 1 aromatic rings. The molecule has 20 heavy (non-hydrogen) atoms. The van der Waals surface area contributed by atoms with E-state index < -0.39 is 0 Å². The van der Waals surface area contributed by atoms with E-state index in [0.717, 1.165) is 28.9 Å². The van der Waals surface area contributed by atoms with Gasteiger partial charge in [0.05, 0.1) is 5.25 Å². The van der Waals surface area contributed by atoms with Crippen LogP contribution in [0.3, 0.4) is 0 Å². The first-order chi connectivity index (χ1) is 9.67. The molecule has 0 aliphatic carbocycles. The third-order valence-corrected chi connectivity index (χ3v) is 4.47. The molecule has 1 unspecified atom stereocenters. The Morgan fingerprint density at radius 1 is 1.45 bits per heavy atom. The molecule has 0 spiro atoms. The smallest absolute Gasteiger partial charge is 0.233 e. The van der Waals surface area contributed by atoms with E-state index in [2.05, 4.69) is 27.8 Å². The first-order valence-electron chi connectivity index (χ1n) is 6.68. The number of carbonyl (C=O) groups is 1. The minimum Gasteiger partial charge on any atom is -0.385 e. The quantitative estimate of drug-likeness (QED) is 0.507. The van der Waals surface area contributed by atoms with Crippen molar-refractivity contribution in [3.63, 3.8) is 0 Å². The zero-order chi connectivity index (χ0) is 14.8. The van der Waals surface area contributed by atoms with E-state index in [1.54, 1.807) is 7.11 Å². The summed E-state index contributed by atoms with van der Waals surface area (Å²) in [6, 6.07) is 0. The number of nitrogens with one attached hydrogen (secondary N) is 2. The van der Waals surface area contributed by atoms with Gasteiger partial charge in [0.2, 0.25) is 11.0 Å². The van der Waals surface area contributed by atoms with Crippen LogP contribution in [-0.4, -0.2) is 48.2 Å². The predicted octanol–water partition coefficient (Wildman–Crippen LogP) is 1.99. The lowest BCUT2D eigenvalue weighted by molar-refractivity contribution is -0.120. The lowest BCUT2D eigenvalue weighted by Crippen LogP contribution is -2.32. The molecule has 0 bridgehead atoms. The number of methoxy groups -OCH3 is 1. The molecule has 2 N–H and O–H groups in total. The third-order valence-electron chi connectivity index (χ3n) is 2.40. The topological polar surface area (TPSA) is 76.1 Å². The van der Waals surface area contributed by atoms with Gasteiger partial charge in [-0.25, -0.2) is 0 Å². The number of anilines is 1. The van der Waals surface area contributed by atoms with Gasteiger partial charge in [-0.1, -0.05) is 30.0 Å². The second-order valence-electron chi connectivity index (χ2n) is 4.20. The summed E-state index contributed by atoms with van der Waals surface area (Å²) >= 11 is 2.91. The molecule has 0 saturated carbocycles. The molecule has 1 aromatic heterocycles. The molecule has 6 nitrogen and oxygen atoms in total. The fourth-order valence-electron chi connectivity index (χ4n) is 1.34. The summed E-state index contributed by atoms with van der Waals surface area (Å²) in [6.45, 7) is 6.15. The average molecular weight is 318 g/mol. The van der Waals surface area contributed by atoms with Crippen molar-refractivity contribution in [2.75, 3.05) is 32.1 Å². The van der Waals surface area contributed by atoms with Crippen molar-refractivity contribution in [2.45, 2.75) is 36.3 Å².